The van der Waals surface area contributed by atoms with Gasteiger partial charge in [-0.3, -0.25) is 0 Å². The van der Waals surface area contributed by atoms with Crippen molar-refractivity contribution in [2.75, 3.05) is 7.05 Å². The van der Waals surface area contributed by atoms with Crippen molar-refractivity contribution in [3.05, 3.63) is 35.4 Å². The highest BCUT2D eigenvalue weighted by atomic mass is 16.6. The molecule has 2 nitrogen and oxygen atoms in total. The van der Waals surface area contributed by atoms with E-state index in [0.29, 0.717) is 0 Å². The van der Waals surface area contributed by atoms with E-state index in [1.165, 1.54) is 5.56 Å². The van der Waals surface area contributed by atoms with Crippen molar-refractivity contribution >= 4 is 6.08 Å². The van der Waals surface area contributed by atoms with Gasteiger partial charge < -0.3 is 4.84 Å². The smallest absolute Gasteiger partial charge is 0.157 e. The molecule has 0 aromatic heterocycles. The first-order valence-corrected chi connectivity index (χ1v) is 7.76. The van der Waals surface area contributed by atoms with Gasteiger partial charge in [0.05, 0.1) is 0 Å². The van der Waals surface area contributed by atoms with Crippen molar-refractivity contribution in [2.24, 2.45) is 5.41 Å². The van der Waals surface area contributed by atoms with Crippen LogP contribution in [0.2, 0.25) is 0 Å². The van der Waals surface area contributed by atoms with Gasteiger partial charge in [0.25, 0.3) is 0 Å². The second-order valence-electron chi connectivity index (χ2n) is 6.60. The first-order valence-electron chi connectivity index (χ1n) is 7.76. The van der Waals surface area contributed by atoms with Crippen LogP contribution in [0.25, 0.3) is 6.08 Å². The molecule has 120 valence electrons. The summed E-state index contributed by atoms with van der Waals surface area (Å²) in [6, 6.07) is 4.39. The predicted octanol–water partition coefficient (Wildman–Crippen LogP) is 5.50. The lowest BCUT2D eigenvalue weighted by Crippen LogP contribution is -2.34. The van der Waals surface area contributed by atoms with Gasteiger partial charge in [0.15, 0.2) is 5.75 Å². The zero-order chi connectivity index (χ0) is 16.8. The Hall–Kier alpha value is -1.28. The number of benzene rings is 1. The highest BCUT2D eigenvalue weighted by Gasteiger charge is 2.35. The van der Waals surface area contributed by atoms with E-state index >= 15 is 0 Å². The summed E-state index contributed by atoms with van der Waals surface area (Å²) < 4.78 is 0. The number of aryl methyl sites for hydroxylation is 1. The number of hydrogen-bond acceptors (Lipinski definition) is 2. The highest BCUT2D eigenvalue weighted by Crippen LogP contribution is 2.42. The van der Waals surface area contributed by atoms with Gasteiger partial charge in [-0.25, -0.2) is 0 Å². The monoisotopic (exact) mass is 291 g/mol. The second-order valence-corrected chi connectivity index (χ2v) is 6.60. The van der Waals surface area contributed by atoms with Crippen LogP contribution < -0.4 is 10.3 Å². The van der Waals surface area contributed by atoms with Gasteiger partial charge >= 0.3 is 0 Å². The lowest BCUT2D eigenvalue weighted by molar-refractivity contribution is 0.217. The van der Waals surface area contributed by atoms with E-state index in [1.807, 2.05) is 19.9 Å². The Balaban J connectivity index is 0.00000191. The van der Waals surface area contributed by atoms with Gasteiger partial charge in [-0.15, -0.1) is 0 Å². The number of hydrogen-bond donors (Lipinski definition) is 1. The van der Waals surface area contributed by atoms with Gasteiger partial charge in [-0.2, -0.15) is 5.48 Å². The third kappa shape index (κ3) is 4.34. The van der Waals surface area contributed by atoms with E-state index in [4.69, 9.17) is 4.84 Å². The summed E-state index contributed by atoms with van der Waals surface area (Å²) in [5, 5.41) is 0. The lowest BCUT2D eigenvalue weighted by atomic mass is 9.65. The van der Waals surface area contributed by atoms with Gasteiger partial charge in [0.2, 0.25) is 0 Å². The molecule has 0 heterocycles. The Kier molecular flexibility index (Phi) is 7.18. The Morgan fingerprint density at radius 2 is 1.62 bits per heavy atom. The summed E-state index contributed by atoms with van der Waals surface area (Å²) in [5.74, 6) is 0.853. The van der Waals surface area contributed by atoms with Crippen LogP contribution in [0, 0.1) is 12.3 Å². The van der Waals surface area contributed by atoms with Gasteiger partial charge in [-0.1, -0.05) is 67.2 Å². The van der Waals surface area contributed by atoms with E-state index in [1.54, 1.807) is 7.05 Å². The molecule has 0 bridgehead atoms. The molecular formula is C19H33NO. The summed E-state index contributed by atoms with van der Waals surface area (Å²) in [6.07, 6.45) is 1.85. The van der Waals surface area contributed by atoms with Crippen LogP contribution in [0.5, 0.6) is 5.75 Å². The van der Waals surface area contributed by atoms with Crippen molar-refractivity contribution in [3.8, 4) is 5.75 Å². The number of hydroxylamine groups is 1. The third-order valence-electron chi connectivity index (χ3n) is 4.32. The fraction of sp³-hybridized carbons (Fsp3) is 0.579. The van der Waals surface area contributed by atoms with Crippen LogP contribution in [-0.2, 0) is 5.41 Å². The van der Waals surface area contributed by atoms with Gasteiger partial charge in [0, 0.05) is 12.6 Å². The molecule has 0 radical (unpaired) electrons. The maximum absolute atomic E-state index is 5.49. The van der Waals surface area contributed by atoms with Gasteiger partial charge in [-0.05, 0) is 34.9 Å². The molecule has 0 amide bonds. The fourth-order valence-electron chi connectivity index (χ4n) is 1.99. The molecule has 21 heavy (non-hydrogen) atoms. The predicted molar refractivity (Wildman–Crippen MR) is 94.8 cm³/mol. The first-order chi connectivity index (χ1) is 9.65. The van der Waals surface area contributed by atoms with Crippen LogP contribution in [0.3, 0.4) is 0 Å². The summed E-state index contributed by atoms with van der Waals surface area (Å²) in [7, 11) is 1.76. The molecule has 0 atom stereocenters. The zero-order valence-corrected chi connectivity index (χ0v) is 15.3. The minimum Gasteiger partial charge on any atom is -0.408 e. The van der Waals surface area contributed by atoms with E-state index in [2.05, 4.69) is 65.7 Å². The molecule has 0 fully saturated rings. The molecule has 0 spiro atoms. The Bertz CT molecular complexity index is 467. The molecule has 0 unspecified atom stereocenters. The van der Waals surface area contributed by atoms with Crippen LogP contribution in [0.4, 0.5) is 0 Å². The standard InChI is InChI=1S/C17H27NO.C2H6/c1-9-13-11-14(17(6,7)16(3,4)5)10-12(2)15(13)19-18-8;1-2/h9-11,18H,1H2,2-8H3;1-2H3. The Morgan fingerprint density at radius 3 is 2.00 bits per heavy atom. The maximum Gasteiger partial charge on any atom is 0.157 e. The molecule has 1 aromatic rings. The summed E-state index contributed by atoms with van der Waals surface area (Å²) in [4.78, 5) is 5.49. The number of nitrogens with one attached hydrogen (secondary N) is 1. The maximum atomic E-state index is 5.49. The average Bonchev–Trinajstić information content (AvgIpc) is 2.41. The summed E-state index contributed by atoms with van der Waals surface area (Å²) in [5.41, 5.74) is 6.47. The molecule has 0 aliphatic carbocycles. The summed E-state index contributed by atoms with van der Waals surface area (Å²) >= 11 is 0. The van der Waals surface area contributed by atoms with Crippen molar-refractivity contribution in [1.29, 1.82) is 0 Å². The zero-order valence-electron chi connectivity index (χ0n) is 15.3. The molecule has 1 N–H and O–H groups in total. The first kappa shape index (κ1) is 19.7. The molecule has 0 saturated carbocycles. The van der Waals surface area contributed by atoms with Gasteiger partial charge in [0.1, 0.15) is 0 Å². The molecule has 0 aliphatic heterocycles. The van der Waals surface area contributed by atoms with Crippen molar-refractivity contribution in [2.45, 2.75) is 60.8 Å². The highest BCUT2D eigenvalue weighted by molar-refractivity contribution is 5.60. The normalized spacial score (nSPS) is 11.5. The van der Waals surface area contributed by atoms with E-state index in [9.17, 15) is 0 Å². The van der Waals surface area contributed by atoms with E-state index in [0.717, 1.165) is 16.9 Å². The summed E-state index contributed by atoms with van der Waals surface area (Å²) in [6.45, 7) is 21.3. The van der Waals surface area contributed by atoms with Crippen LogP contribution in [0.15, 0.2) is 18.7 Å². The minimum absolute atomic E-state index is 0.0771. The Labute approximate surface area is 131 Å². The minimum atomic E-state index is 0.0771. The van der Waals surface area contributed by atoms with Crippen molar-refractivity contribution in [3.63, 3.8) is 0 Å². The van der Waals surface area contributed by atoms with E-state index in [-0.39, 0.29) is 10.8 Å². The number of rotatable bonds is 4. The lowest BCUT2D eigenvalue weighted by Gasteiger charge is -2.40. The largest absolute Gasteiger partial charge is 0.408 e. The molecule has 1 aromatic carbocycles. The molecule has 0 aliphatic rings. The fourth-order valence-corrected chi connectivity index (χ4v) is 1.99. The van der Waals surface area contributed by atoms with Crippen molar-refractivity contribution in [1.82, 2.24) is 5.48 Å². The molecular weight excluding hydrogens is 258 g/mol. The molecule has 0 saturated heterocycles. The Morgan fingerprint density at radius 1 is 1.10 bits per heavy atom. The average molecular weight is 291 g/mol. The van der Waals surface area contributed by atoms with Crippen LogP contribution >= 0.6 is 0 Å². The van der Waals surface area contributed by atoms with E-state index < -0.39 is 0 Å². The third-order valence-corrected chi connectivity index (χ3v) is 4.32. The van der Waals surface area contributed by atoms with Crippen LogP contribution in [-0.4, -0.2) is 7.05 Å². The second kappa shape index (κ2) is 7.65. The molecule has 2 heteroatoms. The van der Waals surface area contributed by atoms with Crippen molar-refractivity contribution < 1.29 is 4.84 Å². The molecule has 1 rings (SSSR count). The quantitative estimate of drug-likeness (QED) is 0.739. The topological polar surface area (TPSA) is 21.3 Å². The van der Waals surface area contributed by atoms with Crippen LogP contribution in [0.1, 0.15) is 65.2 Å². The SMILES string of the molecule is C=Cc1cc(C(C)(C)C(C)(C)C)cc(C)c1ONC.CC.